The van der Waals surface area contributed by atoms with E-state index in [2.05, 4.69) is 0 Å². The van der Waals surface area contributed by atoms with Crippen LogP contribution in [0, 0.1) is 5.82 Å². The van der Waals surface area contributed by atoms with Crippen LogP contribution in [0.5, 0.6) is 0 Å². The van der Waals surface area contributed by atoms with Gasteiger partial charge in [0.25, 0.3) is 0 Å². The molecule has 1 rings (SSSR count). The zero-order valence-corrected chi connectivity index (χ0v) is 9.56. The Kier molecular flexibility index (Phi) is 4.74. The summed E-state index contributed by atoms with van der Waals surface area (Å²) >= 11 is 0. The fraction of sp³-hybridized carbons (Fsp3) is 0.417. The quantitative estimate of drug-likeness (QED) is 0.665. The van der Waals surface area contributed by atoms with Crippen molar-refractivity contribution in [3.05, 3.63) is 35.1 Å². The van der Waals surface area contributed by atoms with Gasteiger partial charge in [0.2, 0.25) is 0 Å². The van der Waals surface area contributed by atoms with E-state index in [0.29, 0.717) is 0 Å². The Labute approximate surface area is 98.9 Å². The molecule has 0 heterocycles. The molecule has 4 N–H and O–H groups in total. The van der Waals surface area contributed by atoms with Crippen molar-refractivity contribution in [3.63, 3.8) is 0 Å². The number of hydrogen-bond donors (Lipinski definition) is 3. The topological polar surface area (TPSA) is 83.5 Å². The van der Waals surface area contributed by atoms with Crippen molar-refractivity contribution in [2.24, 2.45) is 5.73 Å². The van der Waals surface area contributed by atoms with Gasteiger partial charge in [-0.3, -0.25) is 4.79 Å². The molecule has 0 aliphatic heterocycles. The normalized spacial score (nSPS) is 14.4. The number of nitrogens with two attached hydrogens (primary N) is 1. The van der Waals surface area contributed by atoms with Gasteiger partial charge in [0.15, 0.2) is 5.78 Å². The van der Waals surface area contributed by atoms with Crippen molar-refractivity contribution >= 4 is 5.78 Å². The number of Topliss-reactive ketones (excluding diaryl/α,β-unsaturated/α-hetero) is 1. The zero-order valence-electron chi connectivity index (χ0n) is 9.56. The Morgan fingerprint density at radius 1 is 1.47 bits per heavy atom. The minimum atomic E-state index is -1.38. The number of benzene rings is 1. The molecule has 17 heavy (non-hydrogen) atoms. The molecule has 0 aliphatic carbocycles. The molecule has 0 aromatic heterocycles. The van der Waals surface area contributed by atoms with Gasteiger partial charge in [0.1, 0.15) is 11.9 Å². The second-order valence-corrected chi connectivity index (χ2v) is 3.85. The number of carbonyl (C=O) groups is 1. The SMILES string of the molecule is CC(=O)c1cccc(C(O)C(O)CCN)c1F. The van der Waals surface area contributed by atoms with Crippen LogP contribution in [-0.4, -0.2) is 28.6 Å². The summed E-state index contributed by atoms with van der Waals surface area (Å²) in [7, 11) is 0. The second-order valence-electron chi connectivity index (χ2n) is 3.85. The number of aliphatic hydroxyl groups is 2. The van der Waals surface area contributed by atoms with E-state index in [9.17, 15) is 19.4 Å². The minimum absolute atomic E-state index is 0.0846. The van der Waals surface area contributed by atoms with Crippen molar-refractivity contribution in [2.75, 3.05) is 6.54 Å². The van der Waals surface area contributed by atoms with E-state index >= 15 is 0 Å². The molecule has 0 saturated carbocycles. The van der Waals surface area contributed by atoms with Crippen LogP contribution in [0.25, 0.3) is 0 Å². The van der Waals surface area contributed by atoms with Gasteiger partial charge in [-0.05, 0) is 26.0 Å². The minimum Gasteiger partial charge on any atom is -0.390 e. The van der Waals surface area contributed by atoms with Crippen molar-refractivity contribution < 1.29 is 19.4 Å². The number of halogens is 1. The summed E-state index contributed by atoms with van der Waals surface area (Å²) in [6, 6.07) is 4.14. The molecule has 0 saturated heterocycles. The van der Waals surface area contributed by atoms with Gasteiger partial charge in [0, 0.05) is 5.56 Å². The largest absolute Gasteiger partial charge is 0.390 e. The monoisotopic (exact) mass is 241 g/mol. The molecule has 0 bridgehead atoms. The Hall–Kier alpha value is -1.30. The van der Waals surface area contributed by atoms with E-state index in [-0.39, 0.29) is 24.1 Å². The Morgan fingerprint density at radius 3 is 2.65 bits per heavy atom. The molecule has 94 valence electrons. The number of aliphatic hydroxyl groups excluding tert-OH is 2. The molecule has 5 heteroatoms. The third-order valence-electron chi connectivity index (χ3n) is 2.55. The van der Waals surface area contributed by atoms with Crippen molar-refractivity contribution in [1.29, 1.82) is 0 Å². The fourth-order valence-corrected chi connectivity index (χ4v) is 1.59. The van der Waals surface area contributed by atoms with Gasteiger partial charge in [-0.2, -0.15) is 0 Å². The average molecular weight is 241 g/mol. The van der Waals surface area contributed by atoms with Gasteiger partial charge in [-0.25, -0.2) is 4.39 Å². The van der Waals surface area contributed by atoms with Crippen LogP contribution in [-0.2, 0) is 0 Å². The maximum absolute atomic E-state index is 13.9. The van der Waals surface area contributed by atoms with E-state index in [1.54, 1.807) is 0 Å². The van der Waals surface area contributed by atoms with Crippen LogP contribution in [0.4, 0.5) is 4.39 Å². The van der Waals surface area contributed by atoms with Gasteiger partial charge >= 0.3 is 0 Å². The average Bonchev–Trinajstić information content (AvgIpc) is 2.28. The summed E-state index contributed by atoms with van der Waals surface area (Å²) in [5, 5.41) is 19.3. The molecule has 1 aromatic rings. The molecule has 0 fully saturated rings. The lowest BCUT2D eigenvalue weighted by atomic mass is 9.98. The smallest absolute Gasteiger partial charge is 0.162 e. The summed E-state index contributed by atoms with van der Waals surface area (Å²) in [6.07, 6.45) is -2.36. The molecular weight excluding hydrogens is 225 g/mol. The highest BCUT2D eigenvalue weighted by Gasteiger charge is 2.23. The number of ketones is 1. The molecule has 0 amide bonds. The maximum Gasteiger partial charge on any atom is 0.162 e. The van der Waals surface area contributed by atoms with Crippen LogP contribution in [0.3, 0.4) is 0 Å². The molecular formula is C12H16FNO3. The summed E-state index contributed by atoms with van der Waals surface area (Å²) in [5.74, 6) is -1.21. The highest BCUT2D eigenvalue weighted by molar-refractivity contribution is 5.94. The summed E-state index contributed by atoms with van der Waals surface area (Å²) in [6.45, 7) is 1.43. The lowest BCUT2D eigenvalue weighted by molar-refractivity contribution is 0.0129. The number of rotatable bonds is 5. The predicted octanol–water partition coefficient (Wildman–Crippen LogP) is 0.771. The molecule has 2 unspecified atom stereocenters. The number of carbonyl (C=O) groups excluding carboxylic acids is 1. The Balaban J connectivity index is 3.06. The highest BCUT2D eigenvalue weighted by atomic mass is 19.1. The molecule has 0 radical (unpaired) electrons. The van der Waals surface area contributed by atoms with E-state index < -0.39 is 23.8 Å². The van der Waals surface area contributed by atoms with Crippen molar-refractivity contribution in [1.82, 2.24) is 0 Å². The third kappa shape index (κ3) is 3.09. The second kappa shape index (κ2) is 5.86. The van der Waals surface area contributed by atoms with E-state index in [1.807, 2.05) is 0 Å². The summed E-state index contributed by atoms with van der Waals surface area (Å²) in [5.41, 5.74) is 5.06. The lowest BCUT2D eigenvalue weighted by Gasteiger charge is -2.18. The standard InChI is InChI=1S/C12H16FNO3/c1-7(15)8-3-2-4-9(11(8)13)12(17)10(16)5-6-14/h2-4,10,12,16-17H,5-6,14H2,1H3. The molecule has 0 aliphatic rings. The summed E-state index contributed by atoms with van der Waals surface area (Å²) in [4.78, 5) is 11.1. The Morgan fingerprint density at radius 2 is 2.12 bits per heavy atom. The van der Waals surface area contributed by atoms with Crippen LogP contribution in [0.1, 0.15) is 35.4 Å². The first-order valence-corrected chi connectivity index (χ1v) is 5.34. The lowest BCUT2D eigenvalue weighted by Crippen LogP contribution is -2.23. The van der Waals surface area contributed by atoms with Crippen LogP contribution >= 0.6 is 0 Å². The summed E-state index contributed by atoms with van der Waals surface area (Å²) < 4.78 is 13.9. The van der Waals surface area contributed by atoms with Gasteiger partial charge in [0.05, 0.1) is 11.7 Å². The first-order valence-electron chi connectivity index (χ1n) is 5.34. The van der Waals surface area contributed by atoms with Crippen LogP contribution in [0.15, 0.2) is 18.2 Å². The predicted molar refractivity (Wildman–Crippen MR) is 61.0 cm³/mol. The van der Waals surface area contributed by atoms with Crippen molar-refractivity contribution in [2.45, 2.75) is 25.6 Å². The van der Waals surface area contributed by atoms with E-state index in [1.165, 1.54) is 25.1 Å². The maximum atomic E-state index is 13.9. The molecule has 1 aromatic carbocycles. The van der Waals surface area contributed by atoms with Gasteiger partial charge < -0.3 is 15.9 Å². The Bertz CT molecular complexity index is 409. The zero-order chi connectivity index (χ0) is 13.0. The number of hydrogen-bond acceptors (Lipinski definition) is 4. The van der Waals surface area contributed by atoms with Gasteiger partial charge in [-0.1, -0.05) is 12.1 Å². The van der Waals surface area contributed by atoms with E-state index in [4.69, 9.17) is 5.73 Å². The van der Waals surface area contributed by atoms with E-state index in [0.717, 1.165) is 0 Å². The van der Waals surface area contributed by atoms with Crippen molar-refractivity contribution in [3.8, 4) is 0 Å². The fourth-order valence-electron chi connectivity index (χ4n) is 1.59. The van der Waals surface area contributed by atoms with Crippen LogP contribution in [0.2, 0.25) is 0 Å². The van der Waals surface area contributed by atoms with Crippen LogP contribution < -0.4 is 5.73 Å². The molecule has 4 nitrogen and oxygen atoms in total. The third-order valence-corrected chi connectivity index (χ3v) is 2.55. The first-order chi connectivity index (χ1) is 7.99. The first kappa shape index (κ1) is 13.8. The van der Waals surface area contributed by atoms with Gasteiger partial charge in [-0.15, -0.1) is 0 Å². The highest BCUT2D eigenvalue weighted by Crippen LogP contribution is 2.24. The molecule has 0 spiro atoms. The molecule has 2 atom stereocenters.